The Balaban J connectivity index is 2.97. The maximum atomic E-state index is 10.8. The lowest BCUT2D eigenvalue weighted by Gasteiger charge is -2.49. The summed E-state index contributed by atoms with van der Waals surface area (Å²) in [5.41, 5.74) is -0.783. The molecule has 1 saturated heterocycles. The van der Waals surface area contributed by atoms with Crippen molar-refractivity contribution in [3.63, 3.8) is 0 Å². The van der Waals surface area contributed by atoms with E-state index in [9.17, 15) is 8.42 Å². The van der Waals surface area contributed by atoms with Gasteiger partial charge in [0, 0.05) is 11.1 Å². The molecule has 0 amide bonds. The van der Waals surface area contributed by atoms with Crippen LogP contribution in [0.3, 0.4) is 0 Å². The fourth-order valence-corrected chi connectivity index (χ4v) is 2.86. The Morgan fingerprint density at radius 1 is 1.13 bits per heavy atom. The number of piperidine rings is 1. The standard InChI is InChI=1S/C9H19NO4S/c1-8(2)6-5-7-9(3,4)10(8)14-15(11,12)13/h5-7H2,1-4H3,(H,11,12,13). The molecular formula is C9H19NO4S. The van der Waals surface area contributed by atoms with Gasteiger partial charge >= 0.3 is 10.4 Å². The number of nitrogens with zero attached hydrogens (tertiary/aromatic N) is 1. The molecule has 0 bridgehead atoms. The molecule has 0 spiro atoms. The van der Waals surface area contributed by atoms with Crippen LogP contribution in [-0.4, -0.2) is 29.1 Å². The first-order valence-electron chi connectivity index (χ1n) is 5.02. The molecule has 1 aliphatic heterocycles. The van der Waals surface area contributed by atoms with Gasteiger partial charge in [0.25, 0.3) is 0 Å². The molecule has 15 heavy (non-hydrogen) atoms. The summed E-state index contributed by atoms with van der Waals surface area (Å²) in [5, 5.41) is 1.39. The third-order valence-corrected chi connectivity index (χ3v) is 3.18. The molecule has 90 valence electrons. The average molecular weight is 237 g/mol. The summed E-state index contributed by atoms with van der Waals surface area (Å²) in [7, 11) is -4.44. The molecule has 0 atom stereocenters. The molecule has 0 aromatic carbocycles. The van der Waals surface area contributed by atoms with Gasteiger partial charge in [0.2, 0.25) is 0 Å². The van der Waals surface area contributed by atoms with Crippen molar-refractivity contribution in [3.05, 3.63) is 0 Å². The van der Waals surface area contributed by atoms with Gasteiger partial charge in [-0.3, -0.25) is 4.55 Å². The Hall–Kier alpha value is -0.170. The maximum absolute atomic E-state index is 10.8. The molecule has 1 fully saturated rings. The Labute approximate surface area is 91.3 Å². The molecule has 1 N–H and O–H groups in total. The highest BCUT2D eigenvalue weighted by atomic mass is 32.3. The summed E-state index contributed by atoms with van der Waals surface area (Å²) < 4.78 is 34.9. The molecule has 6 heteroatoms. The van der Waals surface area contributed by atoms with Gasteiger partial charge in [-0.25, -0.2) is 0 Å². The van der Waals surface area contributed by atoms with Crippen molar-refractivity contribution in [1.82, 2.24) is 5.06 Å². The minimum atomic E-state index is -4.44. The van der Waals surface area contributed by atoms with E-state index in [0.29, 0.717) is 0 Å². The van der Waals surface area contributed by atoms with Gasteiger partial charge in [-0.15, -0.1) is 0 Å². The maximum Gasteiger partial charge on any atom is 0.413 e. The van der Waals surface area contributed by atoms with Gasteiger partial charge in [0.15, 0.2) is 0 Å². The number of hydrogen-bond acceptors (Lipinski definition) is 4. The van der Waals surface area contributed by atoms with Crippen LogP contribution in [0.4, 0.5) is 0 Å². The molecule has 0 aromatic heterocycles. The molecule has 0 unspecified atom stereocenters. The van der Waals surface area contributed by atoms with Crippen LogP contribution in [-0.2, 0) is 14.7 Å². The molecule has 5 nitrogen and oxygen atoms in total. The highest BCUT2D eigenvalue weighted by molar-refractivity contribution is 7.80. The lowest BCUT2D eigenvalue weighted by Crippen LogP contribution is -2.58. The van der Waals surface area contributed by atoms with E-state index in [-0.39, 0.29) is 0 Å². The largest absolute Gasteiger partial charge is 0.413 e. The fraction of sp³-hybridized carbons (Fsp3) is 1.00. The van der Waals surface area contributed by atoms with E-state index in [1.54, 1.807) is 0 Å². The summed E-state index contributed by atoms with van der Waals surface area (Å²) in [5.74, 6) is 0. The smallest absolute Gasteiger partial charge is 0.262 e. The zero-order valence-corrected chi connectivity index (χ0v) is 10.5. The lowest BCUT2D eigenvalue weighted by atomic mass is 9.82. The van der Waals surface area contributed by atoms with Crippen molar-refractivity contribution in [2.75, 3.05) is 0 Å². The van der Waals surface area contributed by atoms with Crippen molar-refractivity contribution >= 4 is 10.4 Å². The molecule has 0 aromatic rings. The molecule has 1 aliphatic rings. The second kappa shape index (κ2) is 3.69. The predicted molar refractivity (Wildman–Crippen MR) is 56.5 cm³/mol. The second-order valence-corrected chi connectivity index (χ2v) is 6.28. The molecule has 1 heterocycles. The normalized spacial score (nSPS) is 26.5. The van der Waals surface area contributed by atoms with Crippen LogP contribution in [0.15, 0.2) is 0 Å². The van der Waals surface area contributed by atoms with E-state index in [4.69, 9.17) is 4.55 Å². The SMILES string of the molecule is CC1(C)CCCC(C)(C)N1OS(=O)(=O)O. The molecule has 1 rings (SSSR count). The number of hydrogen-bond donors (Lipinski definition) is 1. The minimum absolute atomic E-state index is 0.391. The first-order chi connectivity index (χ1) is 6.55. The number of rotatable bonds is 2. The highest BCUT2D eigenvalue weighted by Gasteiger charge is 2.44. The number of hydroxylamine groups is 2. The van der Waals surface area contributed by atoms with Gasteiger partial charge in [-0.05, 0) is 47.0 Å². The van der Waals surface area contributed by atoms with E-state index in [1.165, 1.54) is 5.06 Å². The van der Waals surface area contributed by atoms with Crippen LogP contribution in [0.25, 0.3) is 0 Å². The topological polar surface area (TPSA) is 66.8 Å². The van der Waals surface area contributed by atoms with Crippen LogP contribution in [0.5, 0.6) is 0 Å². The third-order valence-electron chi connectivity index (χ3n) is 2.85. The van der Waals surface area contributed by atoms with Gasteiger partial charge < -0.3 is 0 Å². The third kappa shape index (κ3) is 3.14. The van der Waals surface area contributed by atoms with E-state index >= 15 is 0 Å². The predicted octanol–water partition coefficient (Wildman–Crippen LogP) is 1.76. The fourth-order valence-electron chi connectivity index (χ4n) is 2.27. The van der Waals surface area contributed by atoms with E-state index < -0.39 is 21.5 Å². The van der Waals surface area contributed by atoms with Gasteiger partial charge in [0.1, 0.15) is 0 Å². The lowest BCUT2D eigenvalue weighted by molar-refractivity contribution is -0.217. The quantitative estimate of drug-likeness (QED) is 0.741. The molecule has 0 radical (unpaired) electrons. The van der Waals surface area contributed by atoms with Crippen molar-refractivity contribution < 1.29 is 17.3 Å². The molecular weight excluding hydrogens is 218 g/mol. The zero-order chi connectivity index (χ0) is 11.9. The summed E-state index contributed by atoms with van der Waals surface area (Å²) in [6.07, 6.45) is 2.70. The average Bonchev–Trinajstić information content (AvgIpc) is 1.95. The second-order valence-electron chi connectivity index (χ2n) is 5.28. The van der Waals surface area contributed by atoms with Gasteiger partial charge in [-0.2, -0.15) is 17.8 Å². The van der Waals surface area contributed by atoms with Gasteiger partial charge in [0.05, 0.1) is 0 Å². The minimum Gasteiger partial charge on any atom is -0.262 e. The summed E-state index contributed by atoms with van der Waals surface area (Å²) in [4.78, 5) is 0. The van der Waals surface area contributed by atoms with Crippen molar-refractivity contribution in [1.29, 1.82) is 0 Å². The first-order valence-corrected chi connectivity index (χ1v) is 6.38. The van der Waals surface area contributed by atoms with Crippen LogP contribution in [0.1, 0.15) is 47.0 Å². The Morgan fingerprint density at radius 2 is 1.53 bits per heavy atom. The van der Waals surface area contributed by atoms with Crippen molar-refractivity contribution in [3.8, 4) is 0 Å². The Kier molecular flexibility index (Phi) is 3.17. The first kappa shape index (κ1) is 12.9. The van der Waals surface area contributed by atoms with Crippen molar-refractivity contribution in [2.24, 2.45) is 0 Å². The Bertz CT molecular complexity index is 318. The van der Waals surface area contributed by atoms with Crippen LogP contribution < -0.4 is 0 Å². The summed E-state index contributed by atoms with van der Waals surface area (Å²) in [6, 6.07) is 0. The van der Waals surface area contributed by atoms with Crippen LogP contribution in [0, 0.1) is 0 Å². The van der Waals surface area contributed by atoms with E-state index in [1.807, 2.05) is 27.7 Å². The van der Waals surface area contributed by atoms with E-state index in [2.05, 4.69) is 4.28 Å². The molecule has 0 aliphatic carbocycles. The van der Waals surface area contributed by atoms with Crippen LogP contribution in [0.2, 0.25) is 0 Å². The van der Waals surface area contributed by atoms with Crippen LogP contribution >= 0.6 is 0 Å². The highest BCUT2D eigenvalue weighted by Crippen LogP contribution is 2.38. The van der Waals surface area contributed by atoms with Gasteiger partial charge in [-0.1, -0.05) is 0 Å². The molecule has 0 saturated carbocycles. The van der Waals surface area contributed by atoms with E-state index in [0.717, 1.165) is 19.3 Å². The Morgan fingerprint density at radius 3 is 1.87 bits per heavy atom. The monoisotopic (exact) mass is 237 g/mol. The zero-order valence-electron chi connectivity index (χ0n) is 9.65. The summed E-state index contributed by atoms with van der Waals surface area (Å²) >= 11 is 0. The van der Waals surface area contributed by atoms with Crippen molar-refractivity contribution in [2.45, 2.75) is 58.0 Å². The summed E-state index contributed by atoms with van der Waals surface area (Å²) in [6.45, 7) is 7.61.